The standard InChI is InChI=1S/C25H34N2O2/c1-5-20-12-14-21(15-13-20)16-17-24(28)27(23(6-2)25(29)26-7-3)18-22-11-9-8-10-19(22)4/h8-15,23H,5-7,16-18H2,1-4H3,(H,26,29)/t23-/m1/s1. The maximum Gasteiger partial charge on any atom is 0.242 e. The zero-order valence-electron chi connectivity index (χ0n) is 18.2. The van der Waals surface area contributed by atoms with Crippen LogP contribution in [0.4, 0.5) is 0 Å². The van der Waals surface area contributed by atoms with Crippen LogP contribution in [-0.2, 0) is 29.0 Å². The Labute approximate surface area is 175 Å². The number of benzene rings is 2. The molecule has 2 aromatic rings. The first-order chi connectivity index (χ1) is 14.0. The predicted octanol–water partition coefficient (Wildman–Crippen LogP) is 4.43. The highest BCUT2D eigenvalue weighted by Gasteiger charge is 2.28. The van der Waals surface area contributed by atoms with E-state index in [2.05, 4.69) is 36.5 Å². The second-order valence-corrected chi connectivity index (χ2v) is 7.44. The molecule has 2 amide bonds. The number of likely N-dealkylation sites (N-methyl/N-ethyl adjacent to an activating group) is 1. The summed E-state index contributed by atoms with van der Waals surface area (Å²) in [6.45, 7) is 9.05. The molecule has 0 radical (unpaired) electrons. The Morgan fingerprint density at radius 3 is 2.21 bits per heavy atom. The second kappa shape index (κ2) is 11.4. The van der Waals surface area contributed by atoms with Gasteiger partial charge in [0.1, 0.15) is 6.04 Å². The van der Waals surface area contributed by atoms with Gasteiger partial charge in [-0.05, 0) is 55.4 Å². The zero-order chi connectivity index (χ0) is 21.2. The molecule has 0 unspecified atom stereocenters. The van der Waals surface area contributed by atoms with Crippen LogP contribution in [0.15, 0.2) is 48.5 Å². The van der Waals surface area contributed by atoms with E-state index < -0.39 is 6.04 Å². The summed E-state index contributed by atoms with van der Waals surface area (Å²) in [5, 5.41) is 2.89. The minimum atomic E-state index is -0.454. The Bertz CT molecular complexity index is 799. The van der Waals surface area contributed by atoms with Crippen LogP contribution in [0, 0.1) is 6.92 Å². The number of carbonyl (C=O) groups is 2. The average molecular weight is 395 g/mol. The molecule has 0 aromatic heterocycles. The quantitative estimate of drug-likeness (QED) is 0.648. The summed E-state index contributed by atoms with van der Waals surface area (Å²) >= 11 is 0. The molecule has 0 aliphatic rings. The molecule has 2 rings (SSSR count). The van der Waals surface area contributed by atoms with Gasteiger partial charge in [0.25, 0.3) is 0 Å². The molecule has 0 saturated heterocycles. The van der Waals surface area contributed by atoms with E-state index in [1.54, 1.807) is 4.90 Å². The molecular weight excluding hydrogens is 360 g/mol. The lowest BCUT2D eigenvalue weighted by Crippen LogP contribution is -2.49. The lowest BCUT2D eigenvalue weighted by Gasteiger charge is -2.31. The van der Waals surface area contributed by atoms with Gasteiger partial charge in [-0.15, -0.1) is 0 Å². The Morgan fingerprint density at radius 1 is 0.966 bits per heavy atom. The van der Waals surface area contributed by atoms with Gasteiger partial charge < -0.3 is 10.2 Å². The molecule has 0 bridgehead atoms. The average Bonchev–Trinajstić information content (AvgIpc) is 2.73. The molecule has 156 valence electrons. The van der Waals surface area contributed by atoms with Crippen molar-refractivity contribution in [3.63, 3.8) is 0 Å². The molecule has 4 nitrogen and oxygen atoms in total. The highest BCUT2D eigenvalue weighted by molar-refractivity contribution is 5.87. The fourth-order valence-electron chi connectivity index (χ4n) is 3.52. The normalized spacial score (nSPS) is 11.7. The highest BCUT2D eigenvalue weighted by Crippen LogP contribution is 2.17. The zero-order valence-corrected chi connectivity index (χ0v) is 18.2. The van der Waals surface area contributed by atoms with Gasteiger partial charge in [0.2, 0.25) is 11.8 Å². The largest absolute Gasteiger partial charge is 0.355 e. The minimum Gasteiger partial charge on any atom is -0.355 e. The van der Waals surface area contributed by atoms with Crippen LogP contribution in [0.25, 0.3) is 0 Å². The van der Waals surface area contributed by atoms with Crippen LogP contribution >= 0.6 is 0 Å². The van der Waals surface area contributed by atoms with E-state index in [1.807, 2.05) is 45.0 Å². The lowest BCUT2D eigenvalue weighted by molar-refractivity contribution is -0.141. The van der Waals surface area contributed by atoms with Crippen LogP contribution in [-0.4, -0.2) is 29.3 Å². The Kier molecular flexibility index (Phi) is 8.91. The van der Waals surface area contributed by atoms with Gasteiger partial charge in [-0.2, -0.15) is 0 Å². The fraction of sp³-hybridized carbons (Fsp3) is 0.440. The van der Waals surface area contributed by atoms with Crippen molar-refractivity contribution in [2.45, 2.75) is 66.0 Å². The predicted molar refractivity (Wildman–Crippen MR) is 119 cm³/mol. The van der Waals surface area contributed by atoms with Gasteiger partial charge >= 0.3 is 0 Å². The summed E-state index contributed by atoms with van der Waals surface area (Å²) in [6.07, 6.45) is 2.68. The van der Waals surface area contributed by atoms with E-state index >= 15 is 0 Å². The van der Waals surface area contributed by atoms with Crippen molar-refractivity contribution < 1.29 is 9.59 Å². The molecule has 0 aliphatic heterocycles. The molecule has 2 aromatic carbocycles. The second-order valence-electron chi connectivity index (χ2n) is 7.44. The van der Waals surface area contributed by atoms with Crippen molar-refractivity contribution in [2.75, 3.05) is 6.54 Å². The third kappa shape index (κ3) is 6.45. The Hall–Kier alpha value is -2.62. The van der Waals surface area contributed by atoms with Crippen molar-refractivity contribution in [1.82, 2.24) is 10.2 Å². The number of nitrogens with zero attached hydrogens (tertiary/aromatic N) is 1. The molecule has 1 N–H and O–H groups in total. The maximum absolute atomic E-state index is 13.2. The van der Waals surface area contributed by atoms with Crippen molar-refractivity contribution >= 4 is 11.8 Å². The van der Waals surface area contributed by atoms with Crippen LogP contribution in [0.2, 0.25) is 0 Å². The van der Waals surface area contributed by atoms with Gasteiger partial charge in [-0.25, -0.2) is 0 Å². The summed E-state index contributed by atoms with van der Waals surface area (Å²) in [5.41, 5.74) is 4.66. The number of rotatable bonds is 10. The van der Waals surface area contributed by atoms with E-state index in [0.29, 0.717) is 32.4 Å². The van der Waals surface area contributed by atoms with Gasteiger partial charge in [0.15, 0.2) is 0 Å². The number of hydrogen-bond donors (Lipinski definition) is 1. The van der Waals surface area contributed by atoms with Crippen molar-refractivity contribution in [1.29, 1.82) is 0 Å². The third-order valence-corrected chi connectivity index (χ3v) is 5.40. The number of aryl methyl sites for hydroxylation is 3. The number of hydrogen-bond acceptors (Lipinski definition) is 2. The number of carbonyl (C=O) groups excluding carboxylic acids is 2. The summed E-state index contributed by atoms with van der Waals surface area (Å²) in [7, 11) is 0. The number of nitrogens with one attached hydrogen (secondary N) is 1. The summed E-state index contributed by atoms with van der Waals surface area (Å²) in [5.74, 6) is -0.0600. The van der Waals surface area contributed by atoms with E-state index in [4.69, 9.17) is 0 Å². The van der Waals surface area contributed by atoms with E-state index in [1.165, 1.54) is 5.56 Å². The van der Waals surface area contributed by atoms with Crippen molar-refractivity contribution in [3.05, 3.63) is 70.8 Å². The van der Waals surface area contributed by atoms with Gasteiger partial charge in [0, 0.05) is 19.5 Å². The fourth-order valence-corrected chi connectivity index (χ4v) is 3.52. The monoisotopic (exact) mass is 394 g/mol. The summed E-state index contributed by atoms with van der Waals surface area (Å²) in [4.78, 5) is 27.6. The molecule has 0 spiro atoms. The number of amides is 2. The highest BCUT2D eigenvalue weighted by atomic mass is 16.2. The first-order valence-electron chi connectivity index (χ1n) is 10.7. The lowest BCUT2D eigenvalue weighted by atomic mass is 10.0. The first-order valence-corrected chi connectivity index (χ1v) is 10.7. The van der Waals surface area contributed by atoms with Crippen LogP contribution in [0.1, 0.15) is 55.9 Å². The van der Waals surface area contributed by atoms with Crippen molar-refractivity contribution in [2.24, 2.45) is 0 Å². The summed E-state index contributed by atoms with van der Waals surface area (Å²) < 4.78 is 0. The molecule has 0 saturated carbocycles. The molecule has 29 heavy (non-hydrogen) atoms. The topological polar surface area (TPSA) is 49.4 Å². The Morgan fingerprint density at radius 2 is 1.62 bits per heavy atom. The Balaban J connectivity index is 2.18. The van der Waals surface area contributed by atoms with Gasteiger partial charge in [0.05, 0.1) is 0 Å². The minimum absolute atomic E-state index is 0.0194. The SMILES string of the molecule is CCNC(=O)[C@@H](CC)N(Cc1ccccc1C)C(=O)CCc1ccc(CC)cc1. The van der Waals surface area contributed by atoms with Crippen molar-refractivity contribution in [3.8, 4) is 0 Å². The molecule has 0 aliphatic carbocycles. The third-order valence-electron chi connectivity index (χ3n) is 5.40. The molecule has 0 heterocycles. The first kappa shape index (κ1) is 22.7. The van der Waals surface area contributed by atoms with Gasteiger partial charge in [-0.3, -0.25) is 9.59 Å². The van der Waals surface area contributed by atoms with Crippen LogP contribution < -0.4 is 5.32 Å². The molecular formula is C25H34N2O2. The van der Waals surface area contributed by atoms with E-state index in [9.17, 15) is 9.59 Å². The molecule has 1 atom stereocenters. The maximum atomic E-state index is 13.2. The van der Waals surface area contributed by atoms with Gasteiger partial charge in [-0.1, -0.05) is 62.4 Å². The van der Waals surface area contributed by atoms with Crippen LogP contribution in [0.5, 0.6) is 0 Å². The molecule has 0 fully saturated rings. The molecule has 4 heteroatoms. The van der Waals surface area contributed by atoms with E-state index in [0.717, 1.165) is 23.1 Å². The smallest absolute Gasteiger partial charge is 0.242 e. The van der Waals surface area contributed by atoms with Crippen LogP contribution in [0.3, 0.4) is 0 Å². The summed E-state index contributed by atoms with van der Waals surface area (Å²) in [6, 6.07) is 16.0. The van der Waals surface area contributed by atoms with E-state index in [-0.39, 0.29) is 11.8 Å².